The van der Waals surface area contributed by atoms with E-state index < -0.39 is 30.0 Å². The van der Waals surface area contributed by atoms with E-state index in [4.69, 9.17) is 4.42 Å². The minimum Gasteiger partial charge on any atom is -0.481 e. The summed E-state index contributed by atoms with van der Waals surface area (Å²) >= 11 is 0. The summed E-state index contributed by atoms with van der Waals surface area (Å²) in [7, 11) is 0. The number of carbonyl (C=O) groups is 2. The first kappa shape index (κ1) is 18.8. The Bertz CT molecular complexity index is 1210. The standard InChI is InChI=1S/C23H16F2O4/c24-23(25,18(22(27)28)12-14-6-2-1-3-7-14)21(26)15-10-11-20-17(13-15)16-8-4-5-9-19(16)29-20/h1-11,13,18H,12H2,(H,27,28). The Morgan fingerprint density at radius 3 is 2.28 bits per heavy atom. The molecule has 6 heteroatoms. The third-order valence-electron chi connectivity index (χ3n) is 4.96. The van der Waals surface area contributed by atoms with Crippen LogP contribution >= 0.6 is 0 Å². The van der Waals surface area contributed by atoms with Crippen LogP contribution in [0.15, 0.2) is 77.2 Å². The van der Waals surface area contributed by atoms with Gasteiger partial charge in [-0.2, -0.15) is 8.78 Å². The monoisotopic (exact) mass is 394 g/mol. The first-order chi connectivity index (χ1) is 13.9. The Kier molecular flexibility index (Phi) is 4.62. The third kappa shape index (κ3) is 3.38. The summed E-state index contributed by atoms with van der Waals surface area (Å²) in [6.45, 7) is 0. The first-order valence-corrected chi connectivity index (χ1v) is 8.98. The Labute approximate surface area is 164 Å². The summed E-state index contributed by atoms with van der Waals surface area (Å²) in [5.74, 6) is -9.49. The van der Waals surface area contributed by atoms with Crippen LogP contribution in [-0.4, -0.2) is 22.8 Å². The number of hydrogen-bond donors (Lipinski definition) is 1. The Morgan fingerprint density at radius 2 is 1.55 bits per heavy atom. The molecule has 3 aromatic carbocycles. The van der Waals surface area contributed by atoms with E-state index in [2.05, 4.69) is 0 Å². The van der Waals surface area contributed by atoms with Crippen molar-refractivity contribution in [3.8, 4) is 0 Å². The molecule has 0 aliphatic carbocycles. The van der Waals surface area contributed by atoms with Crippen LogP contribution in [0.5, 0.6) is 0 Å². The SMILES string of the molecule is O=C(O)C(Cc1ccccc1)C(F)(F)C(=O)c1ccc2oc3ccccc3c2c1. The van der Waals surface area contributed by atoms with Crippen LogP contribution in [0.1, 0.15) is 15.9 Å². The number of alkyl halides is 2. The largest absolute Gasteiger partial charge is 0.481 e. The van der Waals surface area contributed by atoms with Crippen molar-refractivity contribution in [2.24, 2.45) is 5.92 Å². The molecule has 4 aromatic rings. The molecule has 1 aromatic heterocycles. The van der Waals surface area contributed by atoms with E-state index in [-0.39, 0.29) is 5.56 Å². The van der Waals surface area contributed by atoms with Crippen LogP contribution in [0.3, 0.4) is 0 Å². The molecule has 0 saturated carbocycles. The van der Waals surface area contributed by atoms with Gasteiger partial charge in [0.05, 0.1) is 0 Å². The van der Waals surface area contributed by atoms with Crippen molar-refractivity contribution in [2.75, 3.05) is 0 Å². The number of carbonyl (C=O) groups excluding carboxylic acids is 1. The smallest absolute Gasteiger partial charge is 0.323 e. The van der Waals surface area contributed by atoms with Gasteiger partial charge >= 0.3 is 11.9 Å². The number of furan rings is 1. The van der Waals surface area contributed by atoms with Gasteiger partial charge in [0, 0.05) is 16.3 Å². The molecule has 0 amide bonds. The molecular weight excluding hydrogens is 378 g/mol. The van der Waals surface area contributed by atoms with Gasteiger partial charge in [-0.1, -0.05) is 48.5 Å². The molecule has 1 unspecified atom stereocenters. The number of para-hydroxylation sites is 1. The molecule has 0 radical (unpaired) electrons. The van der Waals surface area contributed by atoms with Crippen LogP contribution in [0.2, 0.25) is 0 Å². The fraction of sp³-hybridized carbons (Fsp3) is 0.130. The van der Waals surface area contributed by atoms with E-state index in [1.807, 2.05) is 0 Å². The molecule has 29 heavy (non-hydrogen) atoms. The van der Waals surface area contributed by atoms with Gasteiger partial charge in [0.15, 0.2) is 0 Å². The van der Waals surface area contributed by atoms with E-state index in [0.717, 1.165) is 0 Å². The van der Waals surface area contributed by atoms with Gasteiger partial charge in [-0.05, 0) is 36.2 Å². The number of halogens is 2. The summed E-state index contributed by atoms with van der Waals surface area (Å²) in [4.78, 5) is 24.2. The molecule has 1 N–H and O–H groups in total. The highest BCUT2D eigenvalue weighted by Crippen LogP contribution is 2.35. The summed E-state index contributed by atoms with van der Waals surface area (Å²) in [6.07, 6.45) is -0.453. The third-order valence-corrected chi connectivity index (χ3v) is 4.96. The lowest BCUT2D eigenvalue weighted by Gasteiger charge is -2.22. The molecule has 1 atom stereocenters. The predicted molar refractivity (Wildman–Crippen MR) is 104 cm³/mol. The number of rotatable bonds is 6. The van der Waals surface area contributed by atoms with Crippen molar-refractivity contribution in [2.45, 2.75) is 12.3 Å². The molecule has 0 saturated heterocycles. The first-order valence-electron chi connectivity index (χ1n) is 8.98. The van der Waals surface area contributed by atoms with Gasteiger partial charge in [0.2, 0.25) is 5.78 Å². The van der Waals surface area contributed by atoms with Crippen LogP contribution < -0.4 is 0 Å². The van der Waals surface area contributed by atoms with E-state index in [9.17, 15) is 23.5 Å². The van der Waals surface area contributed by atoms with Crippen molar-refractivity contribution in [1.29, 1.82) is 0 Å². The van der Waals surface area contributed by atoms with Crippen LogP contribution in [-0.2, 0) is 11.2 Å². The highest BCUT2D eigenvalue weighted by atomic mass is 19.3. The number of ketones is 1. The normalized spacial score (nSPS) is 12.9. The van der Waals surface area contributed by atoms with Crippen LogP contribution in [0, 0.1) is 5.92 Å². The van der Waals surface area contributed by atoms with Crippen molar-refractivity contribution in [3.63, 3.8) is 0 Å². The molecule has 0 aliphatic heterocycles. The number of Topliss-reactive ketones (excluding diaryl/α,β-unsaturated/α-hetero) is 1. The van der Waals surface area contributed by atoms with Gasteiger partial charge in [-0.3, -0.25) is 9.59 Å². The van der Waals surface area contributed by atoms with E-state index in [1.165, 1.54) is 18.2 Å². The highest BCUT2D eigenvalue weighted by Gasteiger charge is 2.51. The minimum atomic E-state index is -4.07. The molecule has 4 rings (SSSR count). The van der Waals surface area contributed by atoms with Gasteiger partial charge in [0.1, 0.15) is 17.1 Å². The summed E-state index contributed by atoms with van der Waals surface area (Å²) in [6, 6.07) is 19.2. The summed E-state index contributed by atoms with van der Waals surface area (Å²) in [5, 5.41) is 10.6. The topological polar surface area (TPSA) is 67.5 Å². The van der Waals surface area contributed by atoms with Crippen molar-refractivity contribution >= 4 is 33.7 Å². The maximum absolute atomic E-state index is 15.0. The Balaban J connectivity index is 1.72. The van der Waals surface area contributed by atoms with Gasteiger partial charge in [-0.15, -0.1) is 0 Å². The van der Waals surface area contributed by atoms with Gasteiger partial charge < -0.3 is 9.52 Å². The number of benzene rings is 3. The number of aliphatic carboxylic acids is 1. The van der Waals surface area contributed by atoms with Crippen molar-refractivity contribution in [1.82, 2.24) is 0 Å². The average molecular weight is 394 g/mol. The average Bonchev–Trinajstić information content (AvgIpc) is 3.09. The lowest BCUT2D eigenvalue weighted by Crippen LogP contribution is -2.43. The van der Waals surface area contributed by atoms with Crippen LogP contribution in [0.4, 0.5) is 8.78 Å². The zero-order chi connectivity index (χ0) is 20.6. The van der Waals surface area contributed by atoms with Gasteiger partial charge in [-0.25, -0.2) is 0 Å². The lowest BCUT2D eigenvalue weighted by atomic mass is 9.88. The molecule has 0 fully saturated rings. The number of carboxylic acids is 1. The molecule has 1 heterocycles. The molecule has 146 valence electrons. The lowest BCUT2D eigenvalue weighted by molar-refractivity contribution is -0.152. The maximum atomic E-state index is 15.0. The second-order valence-corrected chi connectivity index (χ2v) is 6.84. The zero-order valence-electron chi connectivity index (χ0n) is 15.1. The number of fused-ring (bicyclic) bond motifs is 3. The van der Waals surface area contributed by atoms with Crippen molar-refractivity contribution < 1.29 is 27.9 Å². The predicted octanol–water partition coefficient (Wildman–Crippen LogP) is 5.35. The van der Waals surface area contributed by atoms with E-state index in [0.29, 0.717) is 27.5 Å². The van der Waals surface area contributed by atoms with Crippen molar-refractivity contribution in [3.05, 3.63) is 83.9 Å². The van der Waals surface area contributed by atoms with Gasteiger partial charge in [0.25, 0.3) is 0 Å². The fourth-order valence-electron chi connectivity index (χ4n) is 3.44. The molecule has 4 nitrogen and oxygen atoms in total. The molecule has 0 spiro atoms. The quantitative estimate of drug-likeness (QED) is 0.448. The fourth-order valence-corrected chi connectivity index (χ4v) is 3.44. The molecule has 0 bridgehead atoms. The minimum absolute atomic E-state index is 0.256. The maximum Gasteiger partial charge on any atom is 0.323 e. The summed E-state index contributed by atoms with van der Waals surface area (Å²) < 4.78 is 35.6. The van der Waals surface area contributed by atoms with E-state index in [1.54, 1.807) is 54.6 Å². The Morgan fingerprint density at radius 1 is 0.897 bits per heavy atom. The second kappa shape index (κ2) is 7.13. The second-order valence-electron chi connectivity index (χ2n) is 6.84. The number of carboxylic acid groups (broad SMARTS) is 1. The highest BCUT2D eigenvalue weighted by molar-refractivity contribution is 6.10. The molecule has 0 aliphatic rings. The van der Waals surface area contributed by atoms with E-state index >= 15 is 0 Å². The Hall–Kier alpha value is -3.54. The molecular formula is C23H16F2O4. The zero-order valence-corrected chi connectivity index (χ0v) is 15.1. The van der Waals surface area contributed by atoms with Crippen LogP contribution in [0.25, 0.3) is 21.9 Å². The number of hydrogen-bond acceptors (Lipinski definition) is 3. The summed E-state index contributed by atoms with van der Waals surface area (Å²) in [5.41, 5.74) is 1.20.